The first kappa shape index (κ1) is 12.0. The lowest BCUT2D eigenvalue weighted by Crippen LogP contribution is -2.34. The standard InChI is InChI=1S/C10H17N5O2/c1-3-10(9(16)17)4-5-15(7-10)6-8-11-13-14(2)12-8/h3-7H2,1-2H3,(H,16,17). The van der Waals surface area contributed by atoms with Gasteiger partial charge in [-0.05, 0) is 24.6 Å². The Morgan fingerprint density at radius 2 is 2.35 bits per heavy atom. The van der Waals surface area contributed by atoms with E-state index in [0.717, 1.165) is 6.54 Å². The van der Waals surface area contributed by atoms with E-state index in [-0.39, 0.29) is 0 Å². The highest BCUT2D eigenvalue weighted by atomic mass is 16.4. The number of aromatic nitrogens is 4. The van der Waals surface area contributed by atoms with Crippen molar-refractivity contribution < 1.29 is 9.90 Å². The highest BCUT2D eigenvalue weighted by molar-refractivity contribution is 5.75. The van der Waals surface area contributed by atoms with E-state index in [9.17, 15) is 9.90 Å². The zero-order valence-electron chi connectivity index (χ0n) is 10.1. The summed E-state index contributed by atoms with van der Waals surface area (Å²) in [6, 6.07) is 0. The minimum Gasteiger partial charge on any atom is -0.481 e. The second-order valence-electron chi connectivity index (χ2n) is 4.59. The molecular formula is C10H17N5O2. The van der Waals surface area contributed by atoms with Crippen molar-refractivity contribution in [3.05, 3.63) is 5.82 Å². The van der Waals surface area contributed by atoms with Gasteiger partial charge >= 0.3 is 5.97 Å². The average Bonchev–Trinajstić information content (AvgIpc) is 2.87. The first-order valence-electron chi connectivity index (χ1n) is 5.74. The Balaban J connectivity index is 2.00. The minimum atomic E-state index is -0.699. The Morgan fingerprint density at radius 3 is 2.82 bits per heavy atom. The number of aliphatic carboxylic acids is 1. The zero-order chi connectivity index (χ0) is 12.5. The van der Waals surface area contributed by atoms with Crippen LogP contribution in [0.25, 0.3) is 0 Å². The molecule has 17 heavy (non-hydrogen) atoms. The largest absolute Gasteiger partial charge is 0.481 e. The Kier molecular flexibility index (Phi) is 3.10. The number of carboxylic acids is 1. The van der Waals surface area contributed by atoms with Crippen molar-refractivity contribution >= 4 is 5.97 Å². The number of carboxylic acid groups (broad SMARTS) is 1. The van der Waals surface area contributed by atoms with Crippen LogP contribution < -0.4 is 0 Å². The molecule has 1 aromatic heterocycles. The molecule has 2 heterocycles. The maximum Gasteiger partial charge on any atom is 0.310 e. The lowest BCUT2D eigenvalue weighted by Gasteiger charge is -2.22. The maximum absolute atomic E-state index is 11.3. The third-order valence-corrected chi connectivity index (χ3v) is 3.48. The summed E-state index contributed by atoms with van der Waals surface area (Å²) in [5, 5.41) is 21.0. The molecule has 7 heteroatoms. The second kappa shape index (κ2) is 4.40. The van der Waals surface area contributed by atoms with Crippen molar-refractivity contribution in [2.75, 3.05) is 13.1 Å². The molecule has 0 amide bonds. The van der Waals surface area contributed by atoms with E-state index < -0.39 is 11.4 Å². The van der Waals surface area contributed by atoms with Crippen LogP contribution in [-0.2, 0) is 18.4 Å². The first-order chi connectivity index (χ1) is 8.05. The molecule has 1 saturated heterocycles. The van der Waals surface area contributed by atoms with Crippen molar-refractivity contribution in [1.29, 1.82) is 0 Å². The van der Waals surface area contributed by atoms with E-state index in [4.69, 9.17) is 0 Å². The number of nitrogens with zero attached hydrogens (tertiary/aromatic N) is 5. The zero-order valence-corrected chi connectivity index (χ0v) is 10.1. The van der Waals surface area contributed by atoms with Crippen molar-refractivity contribution in [3.8, 4) is 0 Å². The number of likely N-dealkylation sites (tertiary alicyclic amines) is 1. The van der Waals surface area contributed by atoms with Crippen molar-refractivity contribution in [1.82, 2.24) is 25.1 Å². The van der Waals surface area contributed by atoms with Crippen LogP contribution in [-0.4, -0.2) is 49.3 Å². The van der Waals surface area contributed by atoms with Gasteiger partial charge in [-0.25, -0.2) is 0 Å². The molecule has 1 unspecified atom stereocenters. The van der Waals surface area contributed by atoms with E-state index in [1.54, 1.807) is 7.05 Å². The summed E-state index contributed by atoms with van der Waals surface area (Å²) in [6.07, 6.45) is 1.35. The van der Waals surface area contributed by atoms with Gasteiger partial charge in [-0.1, -0.05) is 6.92 Å². The molecule has 1 N–H and O–H groups in total. The molecule has 1 atom stereocenters. The number of tetrazole rings is 1. The number of hydrogen-bond acceptors (Lipinski definition) is 5. The van der Waals surface area contributed by atoms with Gasteiger partial charge < -0.3 is 5.11 Å². The van der Waals surface area contributed by atoms with Crippen LogP contribution in [0.5, 0.6) is 0 Å². The van der Waals surface area contributed by atoms with E-state index >= 15 is 0 Å². The number of aryl methyl sites for hydroxylation is 1. The molecule has 0 bridgehead atoms. The quantitative estimate of drug-likeness (QED) is 0.789. The van der Waals surface area contributed by atoms with Crippen molar-refractivity contribution in [2.45, 2.75) is 26.3 Å². The summed E-state index contributed by atoms with van der Waals surface area (Å²) in [4.78, 5) is 14.8. The second-order valence-corrected chi connectivity index (χ2v) is 4.59. The summed E-state index contributed by atoms with van der Waals surface area (Å²) in [7, 11) is 1.72. The predicted molar refractivity (Wildman–Crippen MR) is 59.1 cm³/mol. The Bertz CT molecular complexity index is 419. The van der Waals surface area contributed by atoms with E-state index in [1.807, 2.05) is 6.92 Å². The average molecular weight is 239 g/mol. The highest BCUT2D eigenvalue weighted by Gasteiger charge is 2.43. The van der Waals surface area contributed by atoms with Gasteiger partial charge in [0.25, 0.3) is 0 Å². The normalized spacial score (nSPS) is 25.3. The topological polar surface area (TPSA) is 84.1 Å². The van der Waals surface area contributed by atoms with Crippen LogP contribution in [0.2, 0.25) is 0 Å². The van der Waals surface area contributed by atoms with Gasteiger partial charge in [-0.2, -0.15) is 4.80 Å². The molecule has 1 aliphatic rings. The van der Waals surface area contributed by atoms with Crippen LogP contribution in [0.1, 0.15) is 25.6 Å². The van der Waals surface area contributed by atoms with Crippen molar-refractivity contribution in [3.63, 3.8) is 0 Å². The Morgan fingerprint density at radius 1 is 1.59 bits per heavy atom. The molecule has 0 saturated carbocycles. The first-order valence-corrected chi connectivity index (χ1v) is 5.74. The number of hydrogen-bond donors (Lipinski definition) is 1. The van der Waals surface area contributed by atoms with Gasteiger partial charge in [0.15, 0.2) is 5.82 Å². The molecule has 1 aliphatic heterocycles. The molecule has 0 radical (unpaired) electrons. The molecule has 0 aromatic carbocycles. The Hall–Kier alpha value is -1.50. The number of carbonyl (C=O) groups is 1. The molecule has 1 fully saturated rings. The molecule has 2 rings (SSSR count). The van der Waals surface area contributed by atoms with Gasteiger partial charge in [-0.15, -0.1) is 10.2 Å². The summed E-state index contributed by atoms with van der Waals surface area (Å²) in [6.45, 7) is 3.84. The fourth-order valence-electron chi connectivity index (χ4n) is 2.29. The van der Waals surface area contributed by atoms with Gasteiger partial charge in [0, 0.05) is 6.54 Å². The summed E-state index contributed by atoms with van der Waals surface area (Å²) < 4.78 is 0. The molecule has 7 nitrogen and oxygen atoms in total. The van der Waals surface area contributed by atoms with Crippen LogP contribution >= 0.6 is 0 Å². The molecule has 94 valence electrons. The van der Waals surface area contributed by atoms with Gasteiger partial charge in [0.05, 0.1) is 19.0 Å². The van der Waals surface area contributed by atoms with Crippen molar-refractivity contribution in [2.24, 2.45) is 12.5 Å². The third kappa shape index (κ3) is 2.28. The van der Waals surface area contributed by atoms with E-state index in [1.165, 1.54) is 4.80 Å². The summed E-state index contributed by atoms with van der Waals surface area (Å²) in [5.74, 6) is -0.0561. The van der Waals surface area contributed by atoms with Crippen LogP contribution in [0.3, 0.4) is 0 Å². The fourth-order valence-corrected chi connectivity index (χ4v) is 2.29. The van der Waals surface area contributed by atoms with E-state index in [2.05, 4.69) is 20.3 Å². The summed E-state index contributed by atoms with van der Waals surface area (Å²) in [5.41, 5.74) is -0.595. The third-order valence-electron chi connectivity index (χ3n) is 3.48. The molecular weight excluding hydrogens is 222 g/mol. The minimum absolute atomic E-state index is 0.567. The van der Waals surface area contributed by atoms with E-state index in [0.29, 0.717) is 31.8 Å². The molecule has 1 aromatic rings. The van der Waals surface area contributed by atoms with Gasteiger partial charge in [0.2, 0.25) is 0 Å². The fraction of sp³-hybridized carbons (Fsp3) is 0.800. The Labute approximate surface area is 99.4 Å². The highest BCUT2D eigenvalue weighted by Crippen LogP contribution is 2.34. The predicted octanol–water partition coefficient (Wildman–Crippen LogP) is -0.103. The molecule has 0 aliphatic carbocycles. The maximum atomic E-state index is 11.3. The van der Waals surface area contributed by atoms with Gasteiger partial charge in [-0.3, -0.25) is 9.69 Å². The van der Waals surface area contributed by atoms with Crippen LogP contribution in [0.15, 0.2) is 0 Å². The lowest BCUT2D eigenvalue weighted by atomic mass is 9.84. The lowest BCUT2D eigenvalue weighted by molar-refractivity contribution is -0.148. The monoisotopic (exact) mass is 239 g/mol. The smallest absolute Gasteiger partial charge is 0.310 e. The number of rotatable bonds is 4. The summed E-state index contributed by atoms with van der Waals surface area (Å²) >= 11 is 0. The van der Waals surface area contributed by atoms with Gasteiger partial charge in [0.1, 0.15) is 0 Å². The molecule has 0 spiro atoms. The SMILES string of the molecule is CCC1(C(=O)O)CCN(Cc2nnn(C)n2)C1. The van der Waals surface area contributed by atoms with Crippen LogP contribution in [0, 0.1) is 5.41 Å². The van der Waals surface area contributed by atoms with Crippen LogP contribution in [0.4, 0.5) is 0 Å².